The highest BCUT2D eigenvalue weighted by Gasteiger charge is 2.82. The summed E-state index contributed by atoms with van der Waals surface area (Å²) in [6.07, 6.45) is -2.98. The molecular formula is C43H52F4O12. The van der Waals surface area contributed by atoms with Gasteiger partial charge >= 0.3 is 11.9 Å². The minimum Gasteiger partial charge on any atom is -0.479 e. The monoisotopic (exact) mass is 836 g/mol. The molecule has 0 bridgehead atoms. The van der Waals surface area contributed by atoms with Crippen molar-refractivity contribution < 1.29 is 76.9 Å². The Labute approximate surface area is 338 Å². The third-order valence-electron chi connectivity index (χ3n) is 17.1. The normalized spacial score (nSPS) is 54.8. The number of ether oxygens (including phenoxy) is 2. The molecule has 0 unspecified atom stereocenters. The molecule has 1 saturated heterocycles. The fourth-order valence-corrected chi connectivity index (χ4v) is 14.3. The van der Waals surface area contributed by atoms with Crippen LogP contribution in [0.4, 0.5) is 17.6 Å². The summed E-state index contributed by atoms with van der Waals surface area (Å²) < 4.78 is 76.2. The first kappa shape index (κ1) is 42.4. The number of carboxylic acids is 2. The van der Waals surface area contributed by atoms with E-state index in [0.29, 0.717) is 0 Å². The Kier molecular flexibility index (Phi) is 8.93. The van der Waals surface area contributed by atoms with E-state index >= 15 is 17.6 Å². The summed E-state index contributed by atoms with van der Waals surface area (Å²) in [6, 6.07) is 0. The van der Waals surface area contributed by atoms with Crippen LogP contribution in [0, 0.1) is 45.3 Å². The molecule has 0 aromatic heterocycles. The van der Waals surface area contributed by atoms with Gasteiger partial charge in [0.15, 0.2) is 39.9 Å². The number of carbonyl (C=O) groups excluding carboxylic acids is 2. The quantitative estimate of drug-likeness (QED) is 0.219. The molecule has 324 valence electrons. The number of halogens is 4. The van der Waals surface area contributed by atoms with Crippen molar-refractivity contribution >= 4 is 23.5 Å². The third kappa shape index (κ3) is 4.82. The van der Waals surface area contributed by atoms with Gasteiger partial charge in [-0.3, -0.25) is 9.59 Å². The molecule has 1 aliphatic heterocycles. The minimum absolute atomic E-state index is 0.0338. The second kappa shape index (κ2) is 12.4. The molecule has 0 spiro atoms. The summed E-state index contributed by atoms with van der Waals surface area (Å²) >= 11 is 0. The van der Waals surface area contributed by atoms with Crippen LogP contribution < -0.4 is 0 Å². The van der Waals surface area contributed by atoms with Gasteiger partial charge in [0.05, 0.1) is 18.3 Å². The van der Waals surface area contributed by atoms with E-state index in [1.807, 2.05) is 0 Å². The number of aliphatic carboxylic acids is 2. The predicted octanol–water partition coefficient (Wildman–Crippen LogP) is 3.98. The molecular weight excluding hydrogens is 784 g/mol. The zero-order chi connectivity index (χ0) is 43.6. The number of carbonyl (C=O) groups is 4. The fourth-order valence-electron chi connectivity index (χ4n) is 14.3. The van der Waals surface area contributed by atoms with Gasteiger partial charge in [0.1, 0.15) is 18.4 Å². The van der Waals surface area contributed by atoms with Crippen LogP contribution in [-0.2, 0) is 28.7 Å². The van der Waals surface area contributed by atoms with Gasteiger partial charge in [-0.15, -0.1) is 0 Å². The standard InChI is InChI=1S/C23H28F2O6.C20H24F2O6/c1-19(2)30-17-9-12-13-8-15(24)14-7-11(26)5-6-20(14,3)22(13,25)16(27)10-21(12,4)23(17,31-19)18(28)29;1-17-4-3-9(23)5-12(17)13(21)6-11-10-7-14(24)20(28,16(26)27)18(10,2)8-15(25)19(11,17)22/h5-7,12-13,15-17,27H,8-10H2,1-4H3,(H,28,29);3-5,10-11,13-15,24-25,28H,6-8H2,1-2H3,(H,26,27)/t12-,13-,15-,16-,17+,20-,21-,22-,23-;10-,11-,13-,14+,15-,17-,18-,19-,20-/m00/s1. The van der Waals surface area contributed by atoms with Gasteiger partial charge in [0.25, 0.3) is 0 Å². The lowest BCUT2D eigenvalue weighted by Crippen LogP contribution is -2.70. The van der Waals surface area contributed by atoms with Gasteiger partial charge in [-0.05, 0) is 114 Å². The largest absolute Gasteiger partial charge is 0.479 e. The van der Waals surface area contributed by atoms with E-state index < -0.39 is 140 Å². The van der Waals surface area contributed by atoms with E-state index in [-0.39, 0.29) is 43.3 Å². The third-order valence-corrected chi connectivity index (χ3v) is 17.1. The SMILES string of the molecule is CC1(C)O[C@@H]2C[C@H]3[C@@H]4C[C@H](F)C5=CC(=O)C=C[C@]5(C)[C@@]4(F)[C@@H](O)C[C@]3(C)[C@]2(C(=O)O)O1.C[C@]12C=CC(=O)C=C1[C@@H](F)C[C@H]1[C@@H]3C[C@@H](O)[C@](O)(C(=O)O)[C@@]3(C)C[C@H](O)[C@@]12F. The molecule has 0 aromatic carbocycles. The lowest BCUT2D eigenvalue weighted by molar-refractivity contribution is -0.253. The van der Waals surface area contributed by atoms with Crippen LogP contribution in [0.15, 0.2) is 47.6 Å². The van der Waals surface area contributed by atoms with Crippen LogP contribution in [0.5, 0.6) is 0 Å². The lowest BCUT2D eigenvalue weighted by atomic mass is 9.44. The van der Waals surface area contributed by atoms with E-state index in [4.69, 9.17) is 9.47 Å². The van der Waals surface area contributed by atoms with Crippen molar-refractivity contribution in [3.8, 4) is 0 Å². The Hall–Kier alpha value is -3.28. The first-order chi connectivity index (χ1) is 27.1. The second-order valence-electron chi connectivity index (χ2n) is 19.9. The van der Waals surface area contributed by atoms with Crippen LogP contribution in [-0.4, -0.2) is 119 Å². The zero-order valence-corrected chi connectivity index (χ0v) is 33.6. The van der Waals surface area contributed by atoms with E-state index in [1.54, 1.807) is 20.8 Å². The minimum atomic E-state index is -2.57. The van der Waals surface area contributed by atoms with Crippen LogP contribution in [0.3, 0.4) is 0 Å². The van der Waals surface area contributed by atoms with E-state index in [9.17, 15) is 49.8 Å². The zero-order valence-electron chi connectivity index (χ0n) is 33.6. The second-order valence-corrected chi connectivity index (χ2v) is 19.9. The van der Waals surface area contributed by atoms with E-state index in [1.165, 1.54) is 39.0 Å². The van der Waals surface area contributed by atoms with Gasteiger partial charge < -0.3 is 40.1 Å². The summed E-state index contributed by atoms with van der Waals surface area (Å²) in [5.41, 5.74) is -14.7. The molecule has 8 aliphatic carbocycles. The van der Waals surface area contributed by atoms with Crippen LogP contribution in [0.25, 0.3) is 0 Å². The van der Waals surface area contributed by atoms with Crippen molar-refractivity contribution in [3.05, 3.63) is 47.6 Å². The molecule has 59 heavy (non-hydrogen) atoms. The van der Waals surface area contributed by atoms with Crippen molar-refractivity contribution in [3.63, 3.8) is 0 Å². The molecule has 0 radical (unpaired) electrons. The molecule has 6 N–H and O–H groups in total. The van der Waals surface area contributed by atoms with E-state index in [2.05, 4.69) is 0 Å². The summed E-state index contributed by atoms with van der Waals surface area (Å²) in [6.45, 7) is 9.32. The average molecular weight is 837 g/mol. The van der Waals surface area contributed by atoms with Crippen molar-refractivity contribution in [2.24, 2.45) is 45.3 Å². The summed E-state index contributed by atoms with van der Waals surface area (Å²) in [5.74, 6) is -8.41. The molecule has 6 saturated carbocycles. The summed E-state index contributed by atoms with van der Waals surface area (Å²) in [4.78, 5) is 48.0. The Morgan fingerprint density at radius 2 is 1.10 bits per heavy atom. The maximum absolute atomic E-state index is 17.0. The van der Waals surface area contributed by atoms with Crippen molar-refractivity contribution in [2.75, 3.05) is 0 Å². The molecule has 7 fully saturated rings. The Morgan fingerprint density at radius 1 is 0.661 bits per heavy atom. The number of fused-ring (bicyclic) bond motifs is 12. The Balaban J connectivity index is 0.000000165. The average Bonchev–Trinajstić information content (AvgIpc) is 3.64. The van der Waals surface area contributed by atoms with Gasteiger partial charge in [-0.1, -0.05) is 26.0 Å². The Morgan fingerprint density at radius 3 is 1.54 bits per heavy atom. The highest BCUT2D eigenvalue weighted by molar-refractivity contribution is 6.02. The van der Waals surface area contributed by atoms with Crippen LogP contribution >= 0.6 is 0 Å². The molecule has 0 aromatic rings. The molecule has 12 nitrogen and oxygen atoms in total. The highest BCUT2D eigenvalue weighted by Crippen LogP contribution is 2.73. The predicted molar refractivity (Wildman–Crippen MR) is 197 cm³/mol. The smallest absolute Gasteiger partial charge is 0.339 e. The summed E-state index contributed by atoms with van der Waals surface area (Å²) in [7, 11) is 0. The van der Waals surface area contributed by atoms with Crippen molar-refractivity contribution in [2.45, 2.75) is 145 Å². The first-order valence-electron chi connectivity index (χ1n) is 20.2. The highest BCUT2D eigenvalue weighted by atomic mass is 19.2. The number of alkyl halides is 4. The molecule has 0 amide bonds. The van der Waals surface area contributed by atoms with Gasteiger partial charge in [-0.2, -0.15) is 0 Å². The number of hydrogen-bond donors (Lipinski definition) is 6. The lowest BCUT2D eigenvalue weighted by Gasteiger charge is -2.62. The fraction of sp³-hybridized carbons (Fsp3) is 0.721. The van der Waals surface area contributed by atoms with Gasteiger partial charge in [0.2, 0.25) is 0 Å². The Bertz CT molecular complexity index is 2050. The molecule has 18 atom stereocenters. The molecule has 9 rings (SSSR count). The van der Waals surface area contributed by atoms with Crippen LogP contribution in [0.2, 0.25) is 0 Å². The van der Waals surface area contributed by atoms with Crippen molar-refractivity contribution in [1.29, 1.82) is 0 Å². The molecule has 16 heteroatoms. The number of aliphatic hydroxyl groups is 4. The molecule has 9 aliphatic rings. The topological polar surface area (TPSA) is 208 Å². The summed E-state index contributed by atoms with van der Waals surface area (Å²) in [5, 5.41) is 63.2. The van der Waals surface area contributed by atoms with Crippen LogP contribution in [0.1, 0.15) is 80.1 Å². The first-order valence-corrected chi connectivity index (χ1v) is 20.2. The number of allylic oxidation sites excluding steroid dienone is 8. The van der Waals surface area contributed by atoms with Crippen molar-refractivity contribution in [1.82, 2.24) is 0 Å². The number of ketones is 2. The maximum Gasteiger partial charge on any atom is 0.339 e. The number of rotatable bonds is 2. The van der Waals surface area contributed by atoms with Gasteiger partial charge in [0, 0.05) is 33.5 Å². The number of hydrogen-bond acceptors (Lipinski definition) is 10. The van der Waals surface area contributed by atoms with E-state index in [0.717, 1.165) is 18.2 Å². The molecule has 1 heterocycles. The number of aliphatic hydroxyl groups excluding tert-OH is 3. The maximum atomic E-state index is 17.0. The number of carboxylic acid groups (broad SMARTS) is 2. The van der Waals surface area contributed by atoms with Gasteiger partial charge in [-0.25, -0.2) is 27.2 Å².